The average Bonchev–Trinajstić information content (AvgIpc) is 3.62. The Morgan fingerprint density at radius 3 is 2.45 bits per heavy atom. The van der Waals surface area contributed by atoms with Gasteiger partial charge in [-0.1, -0.05) is 66.2 Å². The molecule has 2 fully saturated rings. The van der Waals surface area contributed by atoms with Crippen LogP contribution in [0.25, 0.3) is 6.08 Å². The van der Waals surface area contributed by atoms with E-state index in [4.69, 9.17) is 21.1 Å². The highest BCUT2D eigenvalue weighted by Crippen LogP contribution is 2.47. The fourth-order valence-corrected chi connectivity index (χ4v) is 6.99. The van der Waals surface area contributed by atoms with E-state index < -0.39 is 23.9 Å². The minimum Gasteiger partial charge on any atom is -0.497 e. The minimum atomic E-state index is -0.937. The molecule has 42 heavy (non-hydrogen) atoms. The van der Waals surface area contributed by atoms with Gasteiger partial charge in [0.25, 0.3) is 0 Å². The van der Waals surface area contributed by atoms with E-state index in [0.29, 0.717) is 41.1 Å². The molecule has 2 saturated heterocycles. The Hall–Kier alpha value is -3.50. The van der Waals surface area contributed by atoms with Crippen molar-refractivity contribution in [2.24, 2.45) is 5.92 Å². The Bertz CT molecular complexity index is 1440. The average molecular weight is 608 g/mol. The van der Waals surface area contributed by atoms with Gasteiger partial charge in [0.05, 0.1) is 28.3 Å². The summed E-state index contributed by atoms with van der Waals surface area (Å²) in [5.41, 5.74) is 1.66. The van der Waals surface area contributed by atoms with Crippen LogP contribution in [-0.2, 0) is 14.3 Å². The van der Waals surface area contributed by atoms with Gasteiger partial charge < -0.3 is 24.6 Å². The van der Waals surface area contributed by atoms with E-state index in [2.05, 4.69) is 5.32 Å². The van der Waals surface area contributed by atoms with Crippen LogP contribution in [0.4, 0.5) is 0 Å². The van der Waals surface area contributed by atoms with Crippen LogP contribution in [0.15, 0.2) is 72.8 Å². The number of ketones is 1. The molecule has 2 aliphatic rings. The predicted molar refractivity (Wildman–Crippen MR) is 164 cm³/mol. The summed E-state index contributed by atoms with van der Waals surface area (Å²) in [7, 11) is 3.03. The molecule has 1 N–H and O–H groups in total. The third kappa shape index (κ3) is 6.29. The number of piperazine rings is 1. The van der Waals surface area contributed by atoms with Gasteiger partial charge in [-0.2, -0.15) is 0 Å². The maximum absolute atomic E-state index is 14.5. The van der Waals surface area contributed by atoms with Crippen molar-refractivity contribution in [3.63, 3.8) is 0 Å². The molecular formula is C32H34ClN3O5S. The normalized spacial score (nSPS) is 22.5. The summed E-state index contributed by atoms with van der Waals surface area (Å²) in [6, 6.07) is 18.8. The molecule has 0 radical (unpaired) electrons. The smallest absolute Gasteiger partial charge is 0.249 e. The number of rotatable bonds is 9. The number of likely N-dealkylation sites (tertiary alicyclic amines) is 1. The van der Waals surface area contributed by atoms with E-state index >= 15 is 0 Å². The lowest BCUT2D eigenvalue weighted by atomic mass is 9.78. The lowest BCUT2D eigenvalue weighted by molar-refractivity contribution is -0.147. The number of nitrogens with zero attached hydrogens (tertiary/aromatic N) is 2. The van der Waals surface area contributed by atoms with Crippen LogP contribution in [0.3, 0.4) is 0 Å². The topological polar surface area (TPSA) is 88.2 Å². The molecular weight excluding hydrogens is 574 g/mol. The number of benzene rings is 2. The van der Waals surface area contributed by atoms with Gasteiger partial charge in [-0.05, 0) is 35.4 Å². The van der Waals surface area contributed by atoms with E-state index in [1.165, 1.54) is 18.4 Å². The Kier molecular flexibility index (Phi) is 9.74. The number of carbonyl (C=O) groups excluding carboxylic acids is 3. The van der Waals surface area contributed by atoms with Gasteiger partial charge in [-0.25, -0.2) is 0 Å². The molecule has 4 atom stereocenters. The molecule has 3 heterocycles. The number of hydrogen-bond donors (Lipinski definition) is 1. The summed E-state index contributed by atoms with van der Waals surface area (Å²) in [6.45, 7) is 2.10. The summed E-state index contributed by atoms with van der Waals surface area (Å²) in [5.74, 6) is -1.54. The molecule has 10 heteroatoms. The molecule has 220 valence electrons. The number of ether oxygens (including phenoxy) is 2. The molecule has 0 aliphatic carbocycles. The van der Waals surface area contributed by atoms with E-state index in [1.54, 1.807) is 29.0 Å². The maximum Gasteiger partial charge on any atom is 0.249 e. The number of methoxy groups -OCH3 is 2. The lowest BCUT2D eigenvalue weighted by Crippen LogP contribution is -2.56. The van der Waals surface area contributed by atoms with Gasteiger partial charge in [-0.3, -0.25) is 14.4 Å². The Labute approximate surface area is 254 Å². The quantitative estimate of drug-likeness (QED) is 0.364. The van der Waals surface area contributed by atoms with Crippen molar-refractivity contribution in [3.8, 4) is 5.75 Å². The fraction of sp³-hybridized carbons (Fsp3) is 0.344. The second-order valence-corrected chi connectivity index (χ2v) is 12.0. The third-order valence-electron chi connectivity index (χ3n) is 7.84. The van der Waals surface area contributed by atoms with Crippen LogP contribution in [0, 0.1) is 5.92 Å². The van der Waals surface area contributed by atoms with E-state index in [9.17, 15) is 14.4 Å². The number of amides is 2. The summed E-state index contributed by atoms with van der Waals surface area (Å²) < 4.78 is 11.3. The first-order chi connectivity index (χ1) is 20.4. The van der Waals surface area contributed by atoms with E-state index in [0.717, 1.165) is 11.1 Å². The summed E-state index contributed by atoms with van der Waals surface area (Å²) >= 11 is 7.47. The number of Topliss-reactive ketones (excluding diaryl/α,β-unsaturated/α-hetero) is 1. The predicted octanol–water partition coefficient (Wildman–Crippen LogP) is 4.36. The molecule has 4 unspecified atom stereocenters. The van der Waals surface area contributed by atoms with Crippen LogP contribution in [0.1, 0.15) is 26.7 Å². The minimum absolute atomic E-state index is 0.173. The first kappa shape index (κ1) is 30.0. The van der Waals surface area contributed by atoms with Gasteiger partial charge in [0.1, 0.15) is 18.4 Å². The SMILES string of the molecule is COCC(=O)N1C(C=Cc2ccccc2)C(C(=O)c2ccc(Cl)s2)C(c2cccc(OC)c2)C1C(=O)N1CCNCC1. The molecule has 5 rings (SSSR count). The summed E-state index contributed by atoms with van der Waals surface area (Å²) in [5, 5.41) is 3.28. The van der Waals surface area contributed by atoms with Crippen LogP contribution < -0.4 is 10.1 Å². The number of thiophene rings is 1. The van der Waals surface area contributed by atoms with Gasteiger partial charge >= 0.3 is 0 Å². The second kappa shape index (κ2) is 13.6. The van der Waals surface area contributed by atoms with Crippen molar-refractivity contribution in [1.29, 1.82) is 0 Å². The van der Waals surface area contributed by atoms with Gasteiger partial charge in [-0.15, -0.1) is 11.3 Å². The number of halogens is 1. The highest BCUT2D eigenvalue weighted by molar-refractivity contribution is 7.18. The van der Waals surface area contributed by atoms with E-state index in [1.807, 2.05) is 66.7 Å². The number of hydrogen-bond acceptors (Lipinski definition) is 7. The first-order valence-electron chi connectivity index (χ1n) is 13.9. The van der Waals surface area contributed by atoms with Crippen molar-refractivity contribution < 1.29 is 23.9 Å². The maximum atomic E-state index is 14.5. The van der Waals surface area contributed by atoms with Crippen molar-refractivity contribution in [1.82, 2.24) is 15.1 Å². The molecule has 0 bridgehead atoms. The molecule has 3 aromatic rings. The fourth-order valence-electron chi connectivity index (χ4n) is 5.96. The molecule has 8 nitrogen and oxygen atoms in total. The highest BCUT2D eigenvalue weighted by atomic mass is 35.5. The van der Waals surface area contributed by atoms with E-state index in [-0.39, 0.29) is 24.2 Å². The molecule has 1 aromatic heterocycles. The van der Waals surface area contributed by atoms with Gasteiger partial charge in [0.15, 0.2) is 5.78 Å². The zero-order chi connectivity index (χ0) is 29.6. The summed E-state index contributed by atoms with van der Waals surface area (Å²) in [6.07, 6.45) is 3.78. The Morgan fingerprint density at radius 1 is 1.02 bits per heavy atom. The van der Waals surface area contributed by atoms with Crippen LogP contribution >= 0.6 is 22.9 Å². The lowest BCUT2D eigenvalue weighted by Gasteiger charge is -2.36. The third-order valence-corrected chi connectivity index (χ3v) is 9.08. The summed E-state index contributed by atoms with van der Waals surface area (Å²) in [4.78, 5) is 46.7. The monoisotopic (exact) mass is 607 g/mol. The largest absolute Gasteiger partial charge is 0.497 e. The zero-order valence-corrected chi connectivity index (χ0v) is 25.1. The molecule has 2 amide bonds. The highest BCUT2D eigenvalue weighted by Gasteiger charge is 2.57. The van der Waals surface area contributed by atoms with Crippen molar-refractivity contribution in [2.45, 2.75) is 18.0 Å². The van der Waals surface area contributed by atoms with Crippen molar-refractivity contribution in [2.75, 3.05) is 47.0 Å². The van der Waals surface area contributed by atoms with Crippen LogP contribution in [0.2, 0.25) is 4.34 Å². The van der Waals surface area contributed by atoms with Crippen molar-refractivity contribution >= 4 is 46.6 Å². The molecule has 2 aliphatic heterocycles. The number of nitrogens with one attached hydrogen (secondary N) is 1. The molecule has 2 aromatic carbocycles. The van der Waals surface area contributed by atoms with Crippen LogP contribution in [-0.4, -0.2) is 86.5 Å². The molecule has 0 saturated carbocycles. The van der Waals surface area contributed by atoms with Crippen molar-refractivity contribution in [3.05, 3.63) is 93.1 Å². The zero-order valence-electron chi connectivity index (χ0n) is 23.6. The molecule has 0 spiro atoms. The first-order valence-corrected chi connectivity index (χ1v) is 15.1. The Morgan fingerprint density at radius 2 is 1.79 bits per heavy atom. The Balaban J connectivity index is 1.72. The second-order valence-electron chi connectivity index (χ2n) is 10.3. The van der Waals surface area contributed by atoms with Gasteiger partial charge in [0, 0.05) is 39.2 Å². The van der Waals surface area contributed by atoms with Gasteiger partial charge in [0.2, 0.25) is 11.8 Å². The standard InChI is InChI=1S/C32H34ClN3O5S/c1-40-20-27(37)36-24(12-11-21-7-4-3-5-8-21)29(31(38)25-13-14-26(33)42-25)28(22-9-6-10-23(19-22)41-2)30(36)32(39)35-17-15-34-16-18-35/h3-14,19,24,28-30,34H,15-18,20H2,1-2H3. The van der Waals surface area contributed by atoms with Crippen LogP contribution in [0.5, 0.6) is 5.75 Å². The number of carbonyl (C=O) groups is 3.